The quantitative estimate of drug-likeness (QED) is 0.552. The molecule has 0 aliphatic carbocycles. The van der Waals surface area contributed by atoms with Gasteiger partial charge in [-0.1, -0.05) is 28.1 Å². The summed E-state index contributed by atoms with van der Waals surface area (Å²) in [5, 5.41) is 2.08. The Bertz CT molecular complexity index is 614. The third-order valence-corrected chi connectivity index (χ3v) is 2.86. The van der Waals surface area contributed by atoms with E-state index in [-0.39, 0.29) is 0 Å². The van der Waals surface area contributed by atoms with E-state index in [4.69, 9.17) is 9.47 Å². The number of ether oxygens (including phenoxy) is 2. The minimum Gasteiger partial charge on any atom is -0.428 e. The second kappa shape index (κ2) is 5.21. The van der Waals surface area contributed by atoms with Gasteiger partial charge in [0.2, 0.25) is 0 Å². The number of hydrogen-bond acceptors (Lipinski definition) is 3. The van der Waals surface area contributed by atoms with Crippen molar-refractivity contribution >= 4 is 32.9 Å². The van der Waals surface area contributed by atoms with Crippen molar-refractivity contribution in [1.29, 1.82) is 0 Å². The number of halogens is 1. The van der Waals surface area contributed by atoms with Gasteiger partial charge in [-0.3, -0.25) is 0 Å². The van der Waals surface area contributed by atoms with Gasteiger partial charge in [-0.2, -0.15) is 0 Å². The molecule has 2 aromatic rings. The molecule has 4 heteroatoms. The van der Waals surface area contributed by atoms with Crippen LogP contribution in [0.15, 0.2) is 40.9 Å². The van der Waals surface area contributed by atoms with E-state index in [1.807, 2.05) is 30.3 Å². The van der Waals surface area contributed by atoms with Crippen molar-refractivity contribution in [2.75, 3.05) is 0 Å². The van der Waals surface area contributed by atoms with Gasteiger partial charge in [-0.25, -0.2) is 4.79 Å². The molecule has 0 saturated carbocycles. The third kappa shape index (κ3) is 3.96. The molecular weight excluding hydrogens is 308 g/mol. The maximum Gasteiger partial charge on any atom is 0.514 e. The summed E-state index contributed by atoms with van der Waals surface area (Å²) in [5.74, 6) is 0.476. The Morgan fingerprint density at radius 3 is 2.37 bits per heavy atom. The van der Waals surface area contributed by atoms with Gasteiger partial charge in [-0.15, -0.1) is 0 Å². The number of hydrogen-bond donors (Lipinski definition) is 0. The zero-order valence-corrected chi connectivity index (χ0v) is 12.7. The molecule has 0 spiro atoms. The second-order valence-corrected chi connectivity index (χ2v) is 6.14. The average molecular weight is 323 g/mol. The summed E-state index contributed by atoms with van der Waals surface area (Å²) in [6.45, 7) is 5.39. The van der Waals surface area contributed by atoms with Crippen molar-refractivity contribution in [2.24, 2.45) is 0 Å². The summed E-state index contributed by atoms with van der Waals surface area (Å²) in [6.07, 6.45) is -0.691. The minimum absolute atomic E-state index is 0.476. The molecule has 0 unspecified atom stereocenters. The number of fused-ring (bicyclic) bond motifs is 1. The number of rotatable bonds is 1. The Balaban J connectivity index is 2.18. The van der Waals surface area contributed by atoms with Gasteiger partial charge in [0.25, 0.3) is 0 Å². The van der Waals surface area contributed by atoms with Crippen LogP contribution in [-0.4, -0.2) is 11.8 Å². The van der Waals surface area contributed by atoms with Crippen LogP contribution in [0.25, 0.3) is 10.8 Å². The van der Waals surface area contributed by atoms with Crippen LogP contribution in [0.5, 0.6) is 5.75 Å². The van der Waals surface area contributed by atoms with E-state index in [0.29, 0.717) is 5.75 Å². The summed E-state index contributed by atoms with van der Waals surface area (Å²) in [4.78, 5) is 11.6. The lowest BCUT2D eigenvalue weighted by Crippen LogP contribution is -2.25. The fourth-order valence-electron chi connectivity index (χ4n) is 1.63. The van der Waals surface area contributed by atoms with Crippen molar-refractivity contribution in [3.63, 3.8) is 0 Å². The first kappa shape index (κ1) is 13.9. The lowest BCUT2D eigenvalue weighted by Gasteiger charge is -2.18. The van der Waals surface area contributed by atoms with Gasteiger partial charge in [0, 0.05) is 4.47 Å². The van der Waals surface area contributed by atoms with Crippen molar-refractivity contribution in [1.82, 2.24) is 0 Å². The van der Waals surface area contributed by atoms with Crippen LogP contribution in [0, 0.1) is 0 Å². The van der Waals surface area contributed by atoms with Crippen LogP contribution in [0.3, 0.4) is 0 Å². The molecule has 0 fully saturated rings. The zero-order valence-electron chi connectivity index (χ0n) is 11.1. The molecule has 0 heterocycles. The largest absolute Gasteiger partial charge is 0.514 e. The van der Waals surface area contributed by atoms with E-state index in [9.17, 15) is 4.79 Å². The molecule has 19 heavy (non-hydrogen) atoms. The summed E-state index contributed by atoms with van der Waals surface area (Å²) >= 11 is 3.42. The fraction of sp³-hybridized carbons (Fsp3) is 0.267. The van der Waals surface area contributed by atoms with Crippen molar-refractivity contribution < 1.29 is 14.3 Å². The fourth-order valence-corrected chi connectivity index (χ4v) is 2.00. The molecule has 0 amide bonds. The normalized spacial score (nSPS) is 11.4. The van der Waals surface area contributed by atoms with E-state index in [1.165, 1.54) is 0 Å². The Kier molecular flexibility index (Phi) is 3.80. The van der Waals surface area contributed by atoms with E-state index in [0.717, 1.165) is 15.2 Å². The lowest BCUT2D eigenvalue weighted by molar-refractivity contribution is 0.0206. The van der Waals surface area contributed by atoms with E-state index in [2.05, 4.69) is 15.9 Å². The Morgan fingerprint density at radius 1 is 1.05 bits per heavy atom. The van der Waals surface area contributed by atoms with E-state index < -0.39 is 11.8 Å². The van der Waals surface area contributed by atoms with Gasteiger partial charge in [0.1, 0.15) is 11.4 Å². The second-order valence-electron chi connectivity index (χ2n) is 5.22. The first-order valence-corrected chi connectivity index (χ1v) is 6.73. The Hall–Kier alpha value is -1.55. The number of carbonyl (C=O) groups is 1. The van der Waals surface area contributed by atoms with Crippen molar-refractivity contribution in [3.05, 3.63) is 40.9 Å². The van der Waals surface area contributed by atoms with Crippen LogP contribution in [0.1, 0.15) is 20.8 Å². The van der Waals surface area contributed by atoms with E-state index in [1.54, 1.807) is 26.8 Å². The zero-order chi connectivity index (χ0) is 14.0. The molecule has 0 bridgehead atoms. The standard InChI is InChI=1S/C15H15BrO3/c1-15(2,3)19-14(17)18-13-7-5-10-8-12(16)6-4-11(10)9-13/h4-9H,1-3H3. The molecular formula is C15H15BrO3. The van der Waals surface area contributed by atoms with Gasteiger partial charge < -0.3 is 9.47 Å². The predicted octanol–water partition coefficient (Wildman–Crippen LogP) is 4.92. The highest BCUT2D eigenvalue weighted by Crippen LogP contribution is 2.24. The highest BCUT2D eigenvalue weighted by Gasteiger charge is 2.18. The monoisotopic (exact) mass is 322 g/mol. The van der Waals surface area contributed by atoms with Gasteiger partial charge in [0.05, 0.1) is 0 Å². The van der Waals surface area contributed by atoms with E-state index >= 15 is 0 Å². The molecule has 0 saturated heterocycles. The summed E-state index contributed by atoms with van der Waals surface area (Å²) in [5.41, 5.74) is -0.557. The molecule has 0 N–H and O–H groups in total. The lowest BCUT2D eigenvalue weighted by atomic mass is 10.1. The summed E-state index contributed by atoms with van der Waals surface area (Å²) < 4.78 is 11.3. The van der Waals surface area contributed by atoms with Crippen LogP contribution < -0.4 is 4.74 Å². The molecule has 3 nitrogen and oxygen atoms in total. The maximum atomic E-state index is 11.6. The first-order valence-electron chi connectivity index (χ1n) is 5.94. The molecule has 0 radical (unpaired) electrons. The topological polar surface area (TPSA) is 35.5 Å². The molecule has 2 aromatic carbocycles. The average Bonchev–Trinajstić information content (AvgIpc) is 2.26. The van der Waals surface area contributed by atoms with Crippen LogP contribution >= 0.6 is 15.9 Å². The first-order chi connectivity index (χ1) is 8.83. The molecule has 100 valence electrons. The predicted molar refractivity (Wildman–Crippen MR) is 78.5 cm³/mol. The summed E-state index contributed by atoms with van der Waals surface area (Å²) in [7, 11) is 0. The molecule has 0 aliphatic rings. The summed E-state index contributed by atoms with van der Waals surface area (Å²) in [6, 6.07) is 11.4. The minimum atomic E-state index is -0.691. The number of carbonyl (C=O) groups excluding carboxylic acids is 1. The van der Waals surface area contributed by atoms with Crippen LogP contribution in [0.4, 0.5) is 4.79 Å². The van der Waals surface area contributed by atoms with Gasteiger partial charge >= 0.3 is 6.16 Å². The third-order valence-electron chi connectivity index (χ3n) is 2.36. The van der Waals surface area contributed by atoms with Gasteiger partial charge in [0.15, 0.2) is 0 Å². The Morgan fingerprint density at radius 2 is 1.68 bits per heavy atom. The highest BCUT2D eigenvalue weighted by atomic mass is 79.9. The maximum absolute atomic E-state index is 11.6. The van der Waals surface area contributed by atoms with Crippen molar-refractivity contribution in [3.8, 4) is 5.75 Å². The SMILES string of the molecule is CC(C)(C)OC(=O)Oc1ccc2cc(Br)ccc2c1. The molecule has 2 rings (SSSR count). The van der Waals surface area contributed by atoms with Crippen molar-refractivity contribution in [2.45, 2.75) is 26.4 Å². The van der Waals surface area contributed by atoms with Crippen LogP contribution in [-0.2, 0) is 4.74 Å². The molecule has 0 aliphatic heterocycles. The Labute approximate surface area is 120 Å². The molecule has 0 atom stereocenters. The van der Waals surface area contributed by atoms with Crippen LogP contribution in [0.2, 0.25) is 0 Å². The molecule has 0 aromatic heterocycles. The number of benzene rings is 2. The smallest absolute Gasteiger partial charge is 0.428 e. The highest BCUT2D eigenvalue weighted by molar-refractivity contribution is 9.10. The van der Waals surface area contributed by atoms with Gasteiger partial charge in [-0.05, 0) is 55.8 Å².